The zero-order valence-corrected chi connectivity index (χ0v) is 25.7. The molecule has 1 atom stereocenters. The minimum atomic E-state index is -0.498. The van der Waals surface area contributed by atoms with Crippen LogP contribution in [0.4, 0.5) is 0 Å². The molecule has 0 aliphatic carbocycles. The molecule has 1 N–H and O–H groups in total. The van der Waals surface area contributed by atoms with Crippen LogP contribution < -0.4 is 5.32 Å². The molecule has 0 fully saturated rings. The molecule has 0 saturated heterocycles. The van der Waals surface area contributed by atoms with Crippen molar-refractivity contribution in [1.82, 2.24) is 5.32 Å². The Morgan fingerprint density at radius 3 is 2.02 bits per heavy atom. The number of nitrogens with zero attached hydrogens (tertiary/aromatic N) is 2. The predicted molar refractivity (Wildman–Crippen MR) is 196 cm³/mol. The van der Waals surface area contributed by atoms with E-state index in [1.807, 2.05) is 36.4 Å². The topological polar surface area (TPSA) is 63.0 Å². The molecule has 0 spiro atoms. The molecular weight excluding hydrogens is 590 g/mol. The Bertz CT molecular complexity index is 2770. The van der Waals surface area contributed by atoms with E-state index in [9.17, 15) is 0 Å². The van der Waals surface area contributed by atoms with Crippen molar-refractivity contribution in [3.8, 4) is 11.1 Å². The van der Waals surface area contributed by atoms with Crippen LogP contribution in [0.3, 0.4) is 0 Å². The van der Waals surface area contributed by atoms with Gasteiger partial charge in [0, 0.05) is 43.8 Å². The number of nitrogens with one attached hydrogen (secondary N) is 1. The normalized spacial score (nSPS) is 14.9. The van der Waals surface area contributed by atoms with Gasteiger partial charge in [-0.15, -0.1) is 0 Å². The molecule has 0 bridgehead atoms. The zero-order chi connectivity index (χ0) is 31.6. The third-order valence-corrected chi connectivity index (χ3v) is 9.33. The van der Waals surface area contributed by atoms with E-state index in [1.54, 1.807) is 0 Å². The number of aliphatic imine (C=N–C) groups is 2. The molecular formula is C43H27N3O2. The van der Waals surface area contributed by atoms with E-state index >= 15 is 0 Å². The first-order valence-electron chi connectivity index (χ1n) is 16.1. The first kappa shape index (κ1) is 26.7. The number of amidine groups is 2. The van der Waals surface area contributed by atoms with E-state index in [4.69, 9.17) is 18.8 Å². The highest BCUT2D eigenvalue weighted by Crippen LogP contribution is 2.39. The highest BCUT2D eigenvalue weighted by Gasteiger charge is 2.25. The molecule has 3 heterocycles. The van der Waals surface area contributed by atoms with E-state index in [-0.39, 0.29) is 0 Å². The lowest BCUT2D eigenvalue weighted by atomic mass is 9.97. The van der Waals surface area contributed by atoms with Crippen molar-refractivity contribution in [3.05, 3.63) is 168 Å². The van der Waals surface area contributed by atoms with E-state index in [0.717, 1.165) is 88.8 Å². The molecule has 0 amide bonds. The summed E-state index contributed by atoms with van der Waals surface area (Å²) in [4.78, 5) is 10.5. The van der Waals surface area contributed by atoms with E-state index in [0.29, 0.717) is 0 Å². The lowest BCUT2D eigenvalue weighted by Gasteiger charge is -2.23. The second kappa shape index (κ2) is 10.5. The Morgan fingerprint density at radius 1 is 0.458 bits per heavy atom. The van der Waals surface area contributed by atoms with Gasteiger partial charge in [0.2, 0.25) is 0 Å². The van der Waals surface area contributed by atoms with Crippen LogP contribution in [0, 0.1) is 0 Å². The highest BCUT2D eigenvalue weighted by atomic mass is 16.3. The van der Waals surface area contributed by atoms with Crippen molar-refractivity contribution in [2.75, 3.05) is 0 Å². The summed E-state index contributed by atoms with van der Waals surface area (Å²) in [6.45, 7) is 0. The zero-order valence-electron chi connectivity index (χ0n) is 25.7. The average Bonchev–Trinajstić information content (AvgIpc) is 3.73. The summed E-state index contributed by atoms with van der Waals surface area (Å²) in [7, 11) is 0. The maximum atomic E-state index is 6.59. The van der Waals surface area contributed by atoms with Crippen molar-refractivity contribution in [2.45, 2.75) is 6.17 Å². The van der Waals surface area contributed by atoms with Crippen LogP contribution in [0.15, 0.2) is 170 Å². The molecule has 1 aliphatic rings. The maximum absolute atomic E-state index is 6.59. The predicted octanol–water partition coefficient (Wildman–Crippen LogP) is 10.8. The van der Waals surface area contributed by atoms with Crippen LogP contribution in [-0.2, 0) is 0 Å². The van der Waals surface area contributed by atoms with E-state index < -0.39 is 6.17 Å². The van der Waals surface area contributed by atoms with Gasteiger partial charge < -0.3 is 14.2 Å². The van der Waals surface area contributed by atoms with Gasteiger partial charge in [-0.05, 0) is 52.7 Å². The minimum absolute atomic E-state index is 0.498. The number of rotatable bonds is 4. The van der Waals surface area contributed by atoms with Crippen LogP contribution in [0.25, 0.3) is 65.8 Å². The summed E-state index contributed by atoms with van der Waals surface area (Å²) in [5.74, 6) is 1.49. The summed E-state index contributed by atoms with van der Waals surface area (Å²) in [5.41, 5.74) is 8.40. The first-order chi connectivity index (χ1) is 23.8. The number of para-hydroxylation sites is 2. The third-order valence-electron chi connectivity index (χ3n) is 9.33. The van der Waals surface area contributed by atoms with Crippen molar-refractivity contribution in [2.24, 2.45) is 9.98 Å². The number of hydrogen-bond acceptors (Lipinski definition) is 5. The Hall–Kier alpha value is -6.46. The number of furan rings is 2. The summed E-state index contributed by atoms with van der Waals surface area (Å²) in [6, 6.07) is 52.2. The average molecular weight is 618 g/mol. The van der Waals surface area contributed by atoms with E-state index in [1.165, 1.54) is 5.39 Å². The molecule has 9 aromatic rings. The molecule has 0 saturated carbocycles. The van der Waals surface area contributed by atoms with Gasteiger partial charge in [-0.1, -0.05) is 115 Å². The molecule has 5 heteroatoms. The third kappa shape index (κ3) is 4.25. The van der Waals surface area contributed by atoms with Crippen LogP contribution >= 0.6 is 0 Å². The van der Waals surface area contributed by atoms with Crippen molar-refractivity contribution >= 4 is 66.3 Å². The van der Waals surface area contributed by atoms with Gasteiger partial charge in [-0.2, -0.15) is 0 Å². The molecule has 5 nitrogen and oxygen atoms in total. The highest BCUT2D eigenvalue weighted by molar-refractivity contribution is 6.25. The maximum Gasteiger partial charge on any atom is 0.169 e. The Kier molecular flexibility index (Phi) is 5.87. The lowest BCUT2D eigenvalue weighted by molar-refractivity contribution is 0.665. The van der Waals surface area contributed by atoms with Crippen molar-refractivity contribution in [3.63, 3.8) is 0 Å². The van der Waals surface area contributed by atoms with Gasteiger partial charge in [0.05, 0.1) is 0 Å². The van der Waals surface area contributed by atoms with Gasteiger partial charge in [0.15, 0.2) is 6.17 Å². The fraction of sp³-hybridized carbons (Fsp3) is 0.0233. The molecule has 2 aromatic heterocycles. The number of benzene rings is 7. The molecule has 48 heavy (non-hydrogen) atoms. The monoisotopic (exact) mass is 617 g/mol. The van der Waals surface area contributed by atoms with Gasteiger partial charge >= 0.3 is 0 Å². The van der Waals surface area contributed by atoms with Crippen LogP contribution in [-0.4, -0.2) is 11.7 Å². The number of fused-ring (bicyclic) bond motifs is 7. The molecule has 1 aliphatic heterocycles. The fourth-order valence-electron chi connectivity index (χ4n) is 6.99. The quantitative estimate of drug-likeness (QED) is 0.214. The summed E-state index contributed by atoms with van der Waals surface area (Å²) in [5, 5.41) is 10.2. The molecule has 226 valence electrons. The molecule has 10 rings (SSSR count). The minimum Gasteiger partial charge on any atom is -0.456 e. The van der Waals surface area contributed by atoms with Gasteiger partial charge in [-0.3, -0.25) is 0 Å². The van der Waals surface area contributed by atoms with Crippen LogP contribution in [0.1, 0.15) is 22.9 Å². The second-order valence-corrected chi connectivity index (χ2v) is 12.2. The smallest absolute Gasteiger partial charge is 0.169 e. The van der Waals surface area contributed by atoms with E-state index in [2.05, 4.69) is 121 Å². The van der Waals surface area contributed by atoms with Crippen LogP contribution in [0.5, 0.6) is 0 Å². The SMILES string of the molecule is c1ccc(-c2ccc(C3=NC(c4ccc5c(c4)oc4ccccc45)N=C(c4ccc5ccccc5c4)N3)c3c2oc2ccccc23)cc1. The van der Waals surface area contributed by atoms with Gasteiger partial charge in [-0.25, -0.2) is 9.98 Å². The standard InChI is InChI=1S/C43H27N3O2/c1-2-11-27(12-3-1)31-22-23-35(39-34-15-7-9-17-37(34)48-40(31)39)43-45-41(29-19-18-26-10-4-5-13-28(26)24-29)44-42(46-43)30-20-21-33-32-14-6-8-16-36(32)47-38(33)25-30/h1-25,42H,(H,44,45,46). The second-order valence-electron chi connectivity index (χ2n) is 12.2. The largest absolute Gasteiger partial charge is 0.456 e. The van der Waals surface area contributed by atoms with Gasteiger partial charge in [0.1, 0.15) is 34.0 Å². The Balaban J connectivity index is 1.19. The van der Waals surface area contributed by atoms with Crippen LogP contribution in [0.2, 0.25) is 0 Å². The summed E-state index contributed by atoms with van der Waals surface area (Å²) < 4.78 is 12.9. The van der Waals surface area contributed by atoms with Crippen molar-refractivity contribution < 1.29 is 8.83 Å². The molecule has 7 aromatic carbocycles. The lowest BCUT2D eigenvalue weighted by Crippen LogP contribution is -2.36. The van der Waals surface area contributed by atoms with Gasteiger partial charge in [0.25, 0.3) is 0 Å². The number of hydrogen-bond donors (Lipinski definition) is 1. The first-order valence-corrected chi connectivity index (χ1v) is 16.1. The molecule has 1 unspecified atom stereocenters. The molecule has 0 radical (unpaired) electrons. The Morgan fingerprint density at radius 2 is 1.15 bits per heavy atom. The van der Waals surface area contributed by atoms with Crippen molar-refractivity contribution in [1.29, 1.82) is 0 Å². The summed E-state index contributed by atoms with van der Waals surface area (Å²) in [6.07, 6.45) is -0.498. The summed E-state index contributed by atoms with van der Waals surface area (Å²) >= 11 is 0. The fourth-order valence-corrected chi connectivity index (χ4v) is 6.99. The Labute approximate surface area is 275 Å².